The fraction of sp³-hybridized carbons (Fsp3) is 0.581. The summed E-state index contributed by atoms with van der Waals surface area (Å²) in [7, 11) is 1.53. The summed E-state index contributed by atoms with van der Waals surface area (Å²) in [5, 5.41) is 16.9. The molecule has 14 heteroatoms. The molecule has 302 valence electrons. The second kappa shape index (κ2) is 13.9. The van der Waals surface area contributed by atoms with E-state index in [1.807, 2.05) is 6.92 Å². The van der Waals surface area contributed by atoms with E-state index >= 15 is 0 Å². The molecule has 2 unspecified atom stereocenters. The molecule has 2 saturated heterocycles. The first-order chi connectivity index (χ1) is 27.4. The molecule has 2 spiro atoms. The first kappa shape index (κ1) is 37.7. The molecule has 0 aromatic heterocycles. The van der Waals surface area contributed by atoms with Gasteiger partial charge in [0.2, 0.25) is 17.7 Å². The van der Waals surface area contributed by atoms with Crippen molar-refractivity contribution < 1.29 is 43.3 Å². The Hall–Kier alpha value is -4.82. The molecule has 4 aliphatic carbocycles. The lowest BCUT2D eigenvalue weighted by Crippen LogP contribution is -2.67. The van der Waals surface area contributed by atoms with E-state index in [1.54, 1.807) is 0 Å². The normalized spacial score (nSPS) is 32.1. The van der Waals surface area contributed by atoms with Crippen LogP contribution in [0.1, 0.15) is 84.7 Å². The molecule has 4 heterocycles. The van der Waals surface area contributed by atoms with Gasteiger partial charge in [-0.1, -0.05) is 24.3 Å². The van der Waals surface area contributed by atoms with Crippen LogP contribution in [0.2, 0.25) is 0 Å². The predicted molar refractivity (Wildman–Crippen MR) is 205 cm³/mol. The lowest BCUT2D eigenvalue weighted by molar-refractivity contribution is -0.142. The summed E-state index contributed by atoms with van der Waals surface area (Å²) < 4.78 is 12.6. The summed E-state index contributed by atoms with van der Waals surface area (Å²) in [4.78, 5) is 76.3. The molecule has 2 saturated carbocycles. The topological polar surface area (TPSA) is 184 Å². The number of carbonyl (C=O) groups is 6. The highest BCUT2D eigenvalue weighted by molar-refractivity contribution is 5.96. The average Bonchev–Trinajstić information content (AvgIpc) is 3.72. The van der Waals surface area contributed by atoms with E-state index in [0.29, 0.717) is 38.0 Å². The van der Waals surface area contributed by atoms with E-state index in [0.717, 1.165) is 74.2 Å². The zero-order valence-corrected chi connectivity index (χ0v) is 32.8. The largest absolute Gasteiger partial charge is 0.481 e. The Kier molecular flexibility index (Phi) is 9.22. The fourth-order valence-electron chi connectivity index (χ4n) is 12.4. The Morgan fingerprint density at radius 3 is 1.61 bits per heavy atom. The van der Waals surface area contributed by atoms with E-state index in [9.17, 15) is 28.8 Å². The minimum Gasteiger partial charge on any atom is -0.481 e. The van der Waals surface area contributed by atoms with Crippen LogP contribution in [-0.4, -0.2) is 108 Å². The minimum absolute atomic E-state index is 0.155. The molecule has 2 aromatic rings. The van der Waals surface area contributed by atoms with Crippen LogP contribution in [0, 0.1) is 25.7 Å². The number of Topliss-reactive ketones (excluding diaryl/α,β-unsaturated/α-hetero) is 2. The number of aryl methyl sites for hydroxylation is 2. The molecule has 4 bridgehead atoms. The van der Waals surface area contributed by atoms with Crippen molar-refractivity contribution in [2.45, 2.75) is 113 Å². The summed E-state index contributed by atoms with van der Waals surface area (Å²) in [6, 6.07) is 9.01. The highest BCUT2D eigenvalue weighted by Gasteiger charge is 2.67. The molecule has 10 rings (SSSR count). The van der Waals surface area contributed by atoms with Gasteiger partial charge in [-0.3, -0.25) is 38.6 Å². The number of nitrogens with one attached hydrogen (secondary N) is 3. The van der Waals surface area contributed by atoms with E-state index in [-0.39, 0.29) is 64.9 Å². The Morgan fingerprint density at radius 1 is 0.719 bits per heavy atom. The number of aliphatic carboxylic acids is 1. The number of piperidine rings is 2. The van der Waals surface area contributed by atoms with Gasteiger partial charge in [0.1, 0.15) is 24.3 Å². The Bertz CT molecular complexity index is 2100. The van der Waals surface area contributed by atoms with Crippen LogP contribution in [0.3, 0.4) is 0 Å². The van der Waals surface area contributed by atoms with Crippen molar-refractivity contribution in [1.29, 1.82) is 0 Å². The van der Waals surface area contributed by atoms with Gasteiger partial charge in [0.05, 0.1) is 13.3 Å². The second-order valence-electron chi connectivity index (χ2n) is 17.4. The van der Waals surface area contributed by atoms with Gasteiger partial charge in [-0.25, -0.2) is 0 Å². The third kappa shape index (κ3) is 5.71. The molecule has 2 aromatic carbocycles. The van der Waals surface area contributed by atoms with Gasteiger partial charge in [0.15, 0.2) is 23.8 Å². The van der Waals surface area contributed by atoms with E-state index < -0.39 is 18.3 Å². The maximum Gasteiger partial charge on any atom is 0.312 e. The number of carboxylic acids is 1. The number of nitrogens with zero attached hydrogens (tertiary/aromatic N) is 2. The number of ketones is 2. The SMILES string of the molecule is CNC(=O)CC(=O)NCN1CC[C@]23c4c5ccc(C)c4OC2C(=O)CC[C@H]3[C@H]1C5.Cc1ccc2c3c1OC1C(=O)CC[C@H]4[C@@H](C2)N(CNC(=O)CC(=O)O)CC[C@]314. The van der Waals surface area contributed by atoms with Crippen LogP contribution in [0.5, 0.6) is 11.5 Å². The van der Waals surface area contributed by atoms with Crippen molar-refractivity contribution in [3.8, 4) is 11.5 Å². The third-order valence-electron chi connectivity index (χ3n) is 14.8. The van der Waals surface area contributed by atoms with Crippen LogP contribution in [-0.2, 0) is 52.4 Å². The van der Waals surface area contributed by atoms with Gasteiger partial charge < -0.3 is 30.5 Å². The van der Waals surface area contributed by atoms with Gasteiger partial charge in [-0.2, -0.15) is 0 Å². The Labute approximate surface area is 331 Å². The quantitative estimate of drug-likeness (QED) is 0.288. The highest BCUT2D eigenvalue weighted by atomic mass is 16.5. The minimum atomic E-state index is -1.12. The van der Waals surface area contributed by atoms with Gasteiger partial charge in [-0.15, -0.1) is 0 Å². The smallest absolute Gasteiger partial charge is 0.312 e. The van der Waals surface area contributed by atoms with Crippen LogP contribution in [0.25, 0.3) is 0 Å². The lowest BCUT2D eigenvalue weighted by Gasteiger charge is -2.57. The number of carboxylic acid groups (broad SMARTS) is 1. The summed E-state index contributed by atoms with van der Waals surface area (Å²) in [6.07, 6.45) is 4.87. The van der Waals surface area contributed by atoms with Crippen molar-refractivity contribution in [1.82, 2.24) is 25.8 Å². The zero-order chi connectivity index (χ0) is 40.0. The van der Waals surface area contributed by atoms with Crippen molar-refractivity contribution >= 4 is 35.3 Å². The lowest BCUT2D eigenvalue weighted by atomic mass is 9.51. The van der Waals surface area contributed by atoms with Gasteiger partial charge in [0.25, 0.3) is 0 Å². The highest BCUT2D eigenvalue weighted by Crippen LogP contribution is 2.63. The molecule has 4 N–H and O–H groups in total. The molecule has 57 heavy (non-hydrogen) atoms. The predicted octanol–water partition coefficient (Wildman–Crippen LogP) is 1.96. The molecular formula is C43H51N5O9. The summed E-state index contributed by atoms with van der Waals surface area (Å²) in [6.45, 7) is 6.45. The standard InChI is InChI=1S/C22H27N3O4.C21H24N2O5/c1-12-3-4-13-9-15-14-5-6-16(26)21-22(14,19(13)20(12)29-21)7-8-25(15)11-24-18(28)10-17(27)23-2;1-11-2-3-12-8-14-13-4-5-15(24)20-21(13,18(12)19(11)28-20)6-7-23(14)10-22-16(25)9-17(26)27/h3-4,14-15,21H,5-11H2,1-2H3,(H,23,27)(H,24,28);2-3,13-14,20H,4-10H2,1H3,(H,22,25)(H,26,27)/t14-,15+,21?,22-;13-,14+,20?,21-/m00/s1. The summed E-state index contributed by atoms with van der Waals surface area (Å²) >= 11 is 0. The maximum atomic E-state index is 12.8. The van der Waals surface area contributed by atoms with E-state index in [1.165, 1.54) is 29.3 Å². The first-order valence-corrected chi connectivity index (χ1v) is 20.5. The van der Waals surface area contributed by atoms with Crippen LogP contribution >= 0.6 is 0 Å². The number of rotatable bonds is 8. The number of carbonyl (C=O) groups excluding carboxylic acids is 5. The van der Waals surface area contributed by atoms with Crippen molar-refractivity contribution in [3.05, 3.63) is 57.6 Å². The van der Waals surface area contributed by atoms with Gasteiger partial charge in [0, 0.05) is 67.0 Å². The van der Waals surface area contributed by atoms with Crippen LogP contribution in [0.15, 0.2) is 24.3 Å². The number of likely N-dealkylation sites (tertiary alicyclic amines) is 2. The Morgan fingerprint density at radius 2 is 1.18 bits per heavy atom. The van der Waals surface area contributed by atoms with Crippen molar-refractivity contribution in [2.24, 2.45) is 11.8 Å². The number of hydrogen-bond donors (Lipinski definition) is 4. The van der Waals surface area contributed by atoms with Crippen LogP contribution in [0.4, 0.5) is 0 Å². The number of ether oxygens (including phenoxy) is 2. The average molecular weight is 782 g/mol. The molecule has 0 radical (unpaired) electrons. The van der Waals surface area contributed by atoms with Gasteiger partial charge in [-0.05, 0) is 86.5 Å². The van der Waals surface area contributed by atoms with Crippen LogP contribution < -0.4 is 25.4 Å². The molecule has 14 nitrogen and oxygen atoms in total. The first-order valence-electron chi connectivity index (χ1n) is 20.5. The summed E-state index contributed by atoms with van der Waals surface area (Å²) in [5.41, 5.74) is 6.85. The molecule has 8 atom stereocenters. The van der Waals surface area contributed by atoms with E-state index in [2.05, 4.69) is 56.9 Å². The number of benzene rings is 2. The molecule has 4 aliphatic heterocycles. The van der Waals surface area contributed by atoms with Crippen molar-refractivity contribution in [2.75, 3.05) is 33.5 Å². The number of amides is 3. The number of hydrogen-bond acceptors (Lipinski definition) is 10. The van der Waals surface area contributed by atoms with E-state index in [4.69, 9.17) is 14.6 Å². The molecular weight excluding hydrogens is 730 g/mol. The third-order valence-corrected chi connectivity index (χ3v) is 14.8. The van der Waals surface area contributed by atoms with Gasteiger partial charge >= 0.3 is 5.97 Å². The molecule has 3 amide bonds. The summed E-state index contributed by atoms with van der Waals surface area (Å²) in [5.74, 6) is 0.830. The maximum absolute atomic E-state index is 12.8. The second-order valence-corrected chi connectivity index (χ2v) is 17.4. The Balaban J connectivity index is 0.000000148. The zero-order valence-electron chi connectivity index (χ0n) is 32.8. The molecule has 8 aliphatic rings. The fourth-order valence-corrected chi connectivity index (χ4v) is 12.4. The monoisotopic (exact) mass is 781 g/mol. The molecule has 4 fully saturated rings. The van der Waals surface area contributed by atoms with Crippen molar-refractivity contribution in [3.63, 3.8) is 0 Å².